The number of thiol groups is 1. The number of phenolic OH excluding ortho intramolecular Hbond substituents is 1. The first-order chi connectivity index (χ1) is 29.3. The van der Waals surface area contributed by atoms with Gasteiger partial charge >= 0.3 is 0 Å². The van der Waals surface area contributed by atoms with Crippen molar-refractivity contribution in [3.05, 3.63) is 102 Å². The number of para-hydroxylation sites is 1. The number of H-pyrrole nitrogens is 1. The molecule has 1 saturated heterocycles. The number of amides is 6. The number of rotatable bonds is 13. The fourth-order valence-corrected chi connectivity index (χ4v) is 7.72. The fraction of sp³-hybridized carbons (Fsp3) is 0.422. The van der Waals surface area contributed by atoms with Gasteiger partial charge in [0.25, 0.3) is 0 Å². The van der Waals surface area contributed by atoms with Crippen LogP contribution >= 0.6 is 12.6 Å². The quantitative estimate of drug-likeness (QED) is 0.0715. The highest BCUT2D eigenvalue weighted by atomic mass is 32.1. The van der Waals surface area contributed by atoms with E-state index in [1.807, 2.05) is 54.6 Å². The molecule has 61 heavy (non-hydrogen) atoms. The number of aromatic amines is 1. The first-order valence-electron chi connectivity index (χ1n) is 20.8. The monoisotopic (exact) mass is 854 g/mol. The van der Waals surface area contributed by atoms with Crippen LogP contribution in [-0.4, -0.2) is 106 Å². The van der Waals surface area contributed by atoms with Crippen molar-refractivity contribution < 1.29 is 33.9 Å². The minimum atomic E-state index is -1.28. The maximum absolute atomic E-state index is 14.6. The fourth-order valence-electron chi connectivity index (χ4n) is 7.46. The summed E-state index contributed by atoms with van der Waals surface area (Å²) in [5.41, 5.74) is 8.65. The number of benzene rings is 3. The molecule has 4 aromatic rings. The molecule has 1 aromatic heterocycles. The summed E-state index contributed by atoms with van der Waals surface area (Å²) in [5.74, 6) is -4.03. The highest BCUT2D eigenvalue weighted by molar-refractivity contribution is 7.80. The molecule has 0 spiro atoms. The summed E-state index contributed by atoms with van der Waals surface area (Å²) >= 11 is 4.36. The van der Waals surface area contributed by atoms with E-state index in [4.69, 9.17) is 5.73 Å². The van der Waals surface area contributed by atoms with Gasteiger partial charge < -0.3 is 47.3 Å². The highest BCUT2D eigenvalue weighted by Crippen LogP contribution is 2.21. The van der Waals surface area contributed by atoms with Crippen LogP contribution in [0.2, 0.25) is 0 Å². The average Bonchev–Trinajstić information content (AvgIpc) is 3.66. The number of nitrogens with one attached hydrogen (secondary N) is 6. The van der Waals surface area contributed by atoms with Crippen LogP contribution < -0.4 is 32.3 Å². The van der Waals surface area contributed by atoms with Crippen molar-refractivity contribution in [3.8, 4) is 5.75 Å². The number of nitrogens with zero attached hydrogens (tertiary/aromatic N) is 1. The van der Waals surface area contributed by atoms with E-state index in [0.29, 0.717) is 24.9 Å². The van der Waals surface area contributed by atoms with Gasteiger partial charge in [-0.2, -0.15) is 12.6 Å². The number of carbonyl (C=O) groups excluding carboxylic acids is 6. The van der Waals surface area contributed by atoms with E-state index in [1.54, 1.807) is 32.2 Å². The van der Waals surface area contributed by atoms with E-state index in [9.17, 15) is 33.9 Å². The standard InChI is InChI=1S/C45H58N8O7S/c1-27(2)39-44(59)49-35(20-22-61)45(60)53(3)38(24-28-11-5-4-6-12-28)43(58)51-36(23-29-16-18-31(54)19-17-29)41(56)50-37(25-30-26-47-33-14-8-7-13-32(30)33)42(57)48-34(40(55)52-39)15-9-10-21-46/h4-8,11-14,16-19,26-27,34-39,47,54,61H,9-10,15,20-25,46H2,1-3H3,(H,48,57)(H,49,59)(H,50,56)(H,51,58)(H,52,55)/t34-,35-,36-,37+,38-,39-/m0/s1. The van der Waals surface area contributed by atoms with Crippen LogP contribution in [-0.2, 0) is 48.0 Å². The Labute approximate surface area is 361 Å². The molecule has 0 bridgehead atoms. The number of fused-ring (bicyclic) bond motifs is 1. The predicted molar refractivity (Wildman–Crippen MR) is 236 cm³/mol. The molecule has 0 radical (unpaired) electrons. The Morgan fingerprint density at radius 3 is 1.92 bits per heavy atom. The number of hydrogen-bond acceptors (Lipinski definition) is 9. The summed E-state index contributed by atoms with van der Waals surface area (Å²) in [6.07, 6.45) is 3.11. The van der Waals surface area contributed by atoms with Crippen molar-refractivity contribution in [3.63, 3.8) is 0 Å². The molecule has 326 valence electrons. The summed E-state index contributed by atoms with van der Waals surface area (Å²) in [5, 5.41) is 25.1. The van der Waals surface area contributed by atoms with Crippen LogP contribution in [0.25, 0.3) is 10.9 Å². The summed E-state index contributed by atoms with van der Waals surface area (Å²) < 4.78 is 0. The second kappa shape index (κ2) is 22.1. The van der Waals surface area contributed by atoms with E-state index < -0.39 is 77.6 Å². The molecule has 1 aliphatic heterocycles. The smallest absolute Gasteiger partial charge is 0.245 e. The number of nitrogens with two attached hydrogens (primary N) is 1. The first-order valence-corrected chi connectivity index (χ1v) is 21.4. The zero-order valence-electron chi connectivity index (χ0n) is 34.9. The largest absolute Gasteiger partial charge is 0.508 e. The second-order valence-electron chi connectivity index (χ2n) is 15.9. The summed E-state index contributed by atoms with van der Waals surface area (Å²) in [6.45, 7) is 3.86. The van der Waals surface area contributed by atoms with Gasteiger partial charge in [0.05, 0.1) is 0 Å². The Morgan fingerprint density at radius 1 is 0.656 bits per heavy atom. The van der Waals surface area contributed by atoms with Gasteiger partial charge in [0.1, 0.15) is 42.0 Å². The summed E-state index contributed by atoms with van der Waals surface area (Å²) in [4.78, 5) is 90.8. The Hall–Kier alpha value is -5.87. The molecule has 15 nitrogen and oxygen atoms in total. The van der Waals surface area contributed by atoms with E-state index in [1.165, 1.54) is 24.1 Å². The van der Waals surface area contributed by atoms with E-state index in [0.717, 1.165) is 22.0 Å². The average molecular weight is 855 g/mol. The molecule has 5 rings (SSSR count). The molecule has 6 amide bonds. The lowest BCUT2D eigenvalue weighted by Crippen LogP contribution is -2.62. The second-order valence-corrected chi connectivity index (χ2v) is 16.3. The SMILES string of the molecule is CC(C)[C@@H]1NC(=O)[C@H](CCCCN)NC(=O)[C@@H](Cc2c[nH]c3ccccc23)NC(=O)[C@H](Cc2ccc(O)cc2)NC(=O)[C@H](Cc2ccccc2)N(C)C(=O)[C@H](CCS)NC1=O. The van der Waals surface area contributed by atoms with Gasteiger partial charge in [-0.25, -0.2) is 0 Å². The van der Waals surface area contributed by atoms with Crippen molar-refractivity contribution in [2.45, 2.75) is 95.0 Å². The minimum Gasteiger partial charge on any atom is -0.508 e. The van der Waals surface area contributed by atoms with Gasteiger partial charge in [0.2, 0.25) is 35.4 Å². The maximum Gasteiger partial charge on any atom is 0.245 e. The zero-order valence-corrected chi connectivity index (χ0v) is 35.8. The predicted octanol–water partition coefficient (Wildman–Crippen LogP) is 2.27. The lowest BCUT2D eigenvalue weighted by Gasteiger charge is -2.33. The van der Waals surface area contributed by atoms with Crippen LogP contribution in [0, 0.1) is 5.92 Å². The summed E-state index contributed by atoms with van der Waals surface area (Å²) in [6, 6.07) is 15.7. The molecule has 9 N–H and O–H groups in total. The maximum atomic E-state index is 14.6. The lowest BCUT2D eigenvalue weighted by atomic mass is 9.98. The van der Waals surface area contributed by atoms with E-state index in [2.05, 4.69) is 44.2 Å². The van der Waals surface area contributed by atoms with Crippen molar-refractivity contribution in [1.29, 1.82) is 0 Å². The van der Waals surface area contributed by atoms with Crippen LogP contribution in [0.1, 0.15) is 56.2 Å². The number of unbranched alkanes of at least 4 members (excludes halogenated alkanes) is 1. The Bertz CT molecular complexity index is 2130. The minimum absolute atomic E-state index is 0.00750. The number of aromatic hydroxyl groups is 1. The lowest BCUT2D eigenvalue weighted by molar-refractivity contribution is -0.143. The van der Waals surface area contributed by atoms with Gasteiger partial charge in [-0.1, -0.05) is 74.5 Å². The molecule has 6 atom stereocenters. The zero-order chi connectivity index (χ0) is 44.1. The molecule has 16 heteroatoms. The van der Waals surface area contributed by atoms with Crippen LogP contribution in [0.15, 0.2) is 85.1 Å². The van der Waals surface area contributed by atoms with Crippen LogP contribution in [0.3, 0.4) is 0 Å². The molecule has 2 heterocycles. The highest BCUT2D eigenvalue weighted by Gasteiger charge is 2.38. The number of carbonyl (C=O) groups is 6. The molecular formula is C45H58N8O7S. The molecule has 3 aromatic carbocycles. The van der Waals surface area contributed by atoms with E-state index >= 15 is 0 Å². The molecular weight excluding hydrogens is 797 g/mol. The molecule has 0 unspecified atom stereocenters. The molecule has 0 saturated carbocycles. The third kappa shape index (κ3) is 12.6. The molecule has 1 aliphatic rings. The number of phenols is 1. The Balaban J connectivity index is 1.61. The van der Waals surface area contributed by atoms with Gasteiger partial charge in [0.15, 0.2) is 0 Å². The van der Waals surface area contributed by atoms with Gasteiger partial charge in [0, 0.05) is 43.4 Å². The van der Waals surface area contributed by atoms with Gasteiger partial charge in [-0.15, -0.1) is 0 Å². The third-order valence-corrected chi connectivity index (χ3v) is 11.2. The normalized spacial score (nSPS) is 22.5. The first kappa shape index (κ1) is 46.2. The third-order valence-electron chi connectivity index (χ3n) is 11.0. The van der Waals surface area contributed by atoms with Crippen molar-refractivity contribution >= 4 is 59.0 Å². The molecule has 0 aliphatic carbocycles. The van der Waals surface area contributed by atoms with Crippen molar-refractivity contribution in [2.24, 2.45) is 11.7 Å². The van der Waals surface area contributed by atoms with Crippen LogP contribution in [0.4, 0.5) is 0 Å². The number of likely N-dealkylation sites (N-methyl/N-ethyl adjacent to an activating group) is 1. The Morgan fingerprint density at radius 2 is 1.25 bits per heavy atom. The molecule has 1 fully saturated rings. The Kier molecular flexibility index (Phi) is 16.7. The van der Waals surface area contributed by atoms with Crippen LogP contribution in [0.5, 0.6) is 5.75 Å². The van der Waals surface area contributed by atoms with Crippen molar-refractivity contribution in [1.82, 2.24) is 36.5 Å². The van der Waals surface area contributed by atoms with Gasteiger partial charge in [-0.3, -0.25) is 28.8 Å². The topological polar surface area (TPSA) is 228 Å². The van der Waals surface area contributed by atoms with Crippen molar-refractivity contribution in [2.75, 3.05) is 19.3 Å². The number of hydrogen-bond donors (Lipinski definition) is 9. The number of aromatic nitrogens is 1. The summed E-state index contributed by atoms with van der Waals surface area (Å²) in [7, 11) is 1.47. The van der Waals surface area contributed by atoms with Gasteiger partial charge in [-0.05, 0) is 78.8 Å². The van der Waals surface area contributed by atoms with E-state index in [-0.39, 0.29) is 43.6 Å².